The van der Waals surface area contributed by atoms with Gasteiger partial charge in [0, 0.05) is 29.6 Å². The van der Waals surface area contributed by atoms with Crippen LogP contribution in [-0.2, 0) is 4.57 Å². The predicted octanol–water partition coefficient (Wildman–Crippen LogP) is 3.48. The molecule has 0 aliphatic carbocycles. The average Bonchev–Trinajstić information content (AvgIpc) is 2.34. The van der Waals surface area contributed by atoms with Crippen molar-refractivity contribution in [1.29, 1.82) is 0 Å². The van der Waals surface area contributed by atoms with Crippen LogP contribution in [0.5, 0.6) is 11.5 Å². The zero-order valence-corrected chi connectivity index (χ0v) is 14.6. The Morgan fingerprint density at radius 3 is 1.40 bits per heavy atom. The van der Waals surface area contributed by atoms with Gasteiger partial charge in [0.1, 0.15) is 11.5 Å². The zero-order chi connectivity index (χ0) is 13.9. The molecular formula is C14H15NaO4P. The van der Waals surface area contributed by atoms with Crippen molar-refractivity contribution in [2.75, 3.05) is 0 Å². The summed E-state index contributed by atoms with van der Waals surface area (Å²) in [5.41, 5.74) is 2.08. The van der Waals surface area contributed by atoms with Crippen LogP contribution in [0.4, 0.5) is 0 Å². The smallest absolute Gasteiger partial charge is 0.395 e. The predicted molar refractivity (Wildman–Crippen MR) is 79.2 cm³/mol. The van der Waals surface area contributed by atoms with Gasteiger partial charge in [-0.05, 0) is 38.1 Å². The molecule has 0 saturated heterocycles. The van der Waals surface area contributed by atoms with Crippen LogP contribution in [0.15, 0.2) is 48.5 Å². The summed E-state index contributed by atoms with van der Waals surface area (Å²) in [6.45, 7) is 3.84. The van der Waals surface area contributed by atoms with Crippen LogP contribution in [0.2, 0.25) is 0 Å². The number of phosphoric ester groups is 1. The van der Waals surface area contributed by atoms with Gasteiger partial charge in [0.05, 0.1) is 0 Å². The van der Waals surface area contributed by atoms with E-state index in [9.17, 15) is 9.46 Å². The maximum absolute atomic E-state index is 11.8. The molecule has 0 fully saturated rings. The van der Waals surface area contributed by atoms with Crippen molar-refractivity contribution in [1.82, 2.24) is 0 Å². The van der Waals surface area contributed by atoms with Gasteiger partial charge in [-0.3, -0.25) is 4.89 Å². The van der Waals surface area contributed by atoms with Crippen molar-refractivity contribution in [3.8, 4) is 11.5 Å². The van der Waals surface area contributed by atoms with Crippen molar-refractivity contribution >= 4 is 37.4 Å². The van der Waals surface area contributed by atoms with E-state index in [1.54, 1.807) is 48.5 Å². The molecule has 2 rings (SSSR count). The third kappa shape index (κ3) is 5.31. The molecule has 0 unspecified atom stereocenters. The van der Waals surface area contributed by atoms with Crippen LogP contribution in [-0.4, -0.2) is 34.5 Å². The molecule has 0 bridgehead atoms. The molecule has 0 spiro atoms. The summed E-state index contributed by atoms with van der Waals surface area (Å²) >= 11 is 0. The zero-order valence-electron chi connectivity index (χ0n) is 11.7. The molecule has 0 aliphatic heterocycles. The molecule has 2 aromatic carbocycles. The van der Waals surface area contributed by atoms with E-state index in [1.807, 2.05) is 13.8 Å². The van der Waals surface area contributed by atoms with Gasteiger partial charge in [0.25, 0.3) is 0 Å². The largest absolute Gasteiger partial charge is 0.584 e. The van der Waals surface area contributed by atoms with Gasteiger partial charge in [-0.15, -0.1) is 0 Å². The molecule has 2 aromatic rings. The first-order valence-corrected chi connectivity index (χ1v) is 7.29. The van der Waals surface area contributed by atoms with E-state index in [0.717, 1.165) is 11.1 Å². The average molecular weight is 301 g/mol. The van der Waals surface area contributed by atoms with Gasteiger partial charge in [-0.1, -0.05) is 35.4 Å². The molecule has 101 valence electrons. The first kappa shape index (κ1) is 17.3. The van der Waals surface area contributed by atoms with Crippen LogP contribution in [0.3, 0.4) is 0 Å². The number of phosphoric acid groups is 1. The van der Waals surface area contributed by atoms with E-state index in [0.29, 0.717) is 11.5 Å². The number of hydrogen-bond acceptors (Lipinski definition) is 3. The summed E-state index contributed by atoms with van der Waals surface area (Å²) in [5.74, 6) is 0.590. The summed E-state index contributed by atoms with van der Waals surface area (Å²) in [6.07, 6.45) is 0. The molecule has 6 heteroatoms. The van der Waals surface area contributed by atoms with Gasteiger partial charge in [-0.25, -0.2) is 4.57 Å². The van der Waals surface area contributed by atoms with Gasteiger partial charge >= 0.3 is 7.82 Å². The van der Waals surface area contributed by atoms with Crippen LogP contribution in [0.1, 0.15) is 11.1 Å². The molecule has 1 N–H and O–H groups in total. The minimum absolute atomic E-state index is 0. The van der Waals surface area contributed by atoms with E-state index in [4.69, 9.17) is 9.05 Å². The fourth-order valence-corrected chi connectivity index (χ4v) is 2.30. The third-order valence-corrected chi connectivity index (χ3v) is 3.37. The molecule has 20 heavy (non-hydrogen) atoms. The topological polar surface area (TPSA) is 55.8 Å². The second kappa shape index (κ2) is 7.30. The minimum atomic E-state index is -4.17. The Hall–Kier alpha value is -0.770. The Kier molecular flexibility index (Phi) is 6.31. The Labute approximate surface area is 140 Å². The van der Waals surface area contributed by atoms with Crippen LogP contribution < -0.4 is 9.05 Å². The fourth-order valence-electron chi connectivity index (χ4n) is 1.48. The van der Waals surface area contributed by atoms with Crippen molar-refractivity contribution in [3.63, 3.8) is 0 Å². The Morgan fingerprint density at radius 2 is 1.10 bits per heavy atom. The molecule has 0 aromatic heterocycles. The van der Waals surface area contributed by atoms with E-state index in [-0.39, 0.29) is 29.6 Å². The van der Waals surface area contributed by atoms with E-state index < -0.39 is 7.82 Å². The standard InChI is InChI=1S/C14H15O4P.Na/c1-11-3-7-13(8-4-11)17-19(15,16)18-14-9-5-12(2)6-10-14;/h3-10H,1-2H3,(H,15,16);. The van der Waals surface area contributed by atoms with E-state index in [2.05, 4.69) is 0 Å². The summed E-state index contributed by atoms with van der Waals surface area (Å²) in [7, 11) is -4.17. The van der Waals surface area contributed by atoms with E-state index in [1.165, 1.54) is 0 Å². The quantitative estimate of drug-likeness (QED) is 0.694. The van der Waals surface area contributed by atoms with Gasteiger partial charge < -0.3 is 9.05 Å². The minimum Gasteiger partial charge on any atom is -0.395 e. The third-order valence-electron chi connectivity index (χ3n) is 2.48. The Balaban J connectivity index is 0.00000200. The van der Waals surface area contributed by atoms with Gasteiger partial charge in [0.2, 0.25) is 0 Å². The molecule has 0 amide bonds. The SMILES string of the molecule is Cc1ccc(OP(=O)(O)Oc2ccc(C)cc2)cc1.[Na]. The van der Waals surface area contributed by atoms with Crippen molar-refractivity contribution in [2.45, 2.75) is 13.8 Å². The molecule has 0 atom stereocenters. The van der Waals surface area contributed by atoms with Gasteiger partial charge in [-0.2, -0.15) is 0 Å². The second-order valence-corrected chi connectivity index (χ2v) is 5.58. The number of rotatable bonds is 4. The van der Waals surface area contributed by atoms with E-state index >= 15 is 0 Å². The first-order chi connectivity index (χ1) is 8.94. The van der Waals surface area contributed by atoms with Crippen molar-refractivity contribution in [3.05, 3.63) is 59.7 Å². The first-order valence-electron chi connectivity index (χ1n) is 5.80. The van der Waals surface area contributed by atoms with Crippen LogP contribution >= 0.6 is 7.82 Å². The van der Waals surface area contributed by atoms with Gasteiger partial charge in [0.15, 0.2) is 0 Å². The summed E-state index contributed by atoms with van der Waals surface area (Å²) in [4.78, 5) is 9.67. The Bertz CT molecular complexity index is 544. The molecule has 0 aliphatic rings. The van der Waals surface area contributed by atoms with Crippen LogP contribution in [0.25, 0.3) is 0 Å². The summed E-state index contributed by atoms with van der Waals surface area (Å²) < 4.78 is 21.8. The summed E-state index contributed by atoms with van der Waals surface area (Å²) in [5, 5.41) is 0. The second-order valence-electron chi connectivity index (χ2n) is 4.28. The monoisotopic (exact) mass is 301 g/mol. The maximum atomic E-state index is 11.8. The Morgan fingerprint density at radius 1 is 0.800 bits per heavy atom. The van der Waals surface area contributed by atoms with Crippen LogP contribution in [0, 0.1) is 13.8 Å². The number of benzene rings is 2. The molecule has 0 saturated carbocycles. The molecule has 4 nitrogen and oxygen atoms in total. The summed E-state index contributed by atoms with van der Waals surface area (Å²) in [6, 6.07) is 13.7. The fraction of sp³-hybridized carbons (Fsp3) is 0.143. The normalized spacial score (nSPS) is 10.6. The van der Waals surface area contributed by atoms with Crippen molar-refractivity contribution < 1.29 is 18.5 Å². The van der Waals surface area contributed by atoms with Crippen molar-refractivity contribution in [2.24, 2.45) is 0 Å². The number of aryl methyl sites for hydroxylation is 2. The molecule has 0 heterocycles. The maximum Gasteiger partial charge on any atom is 0.584 e. The molecular weight excluding hydrogens is 286 g/mol. The number of hydrogen-bond donors (Lipinski definition) is 1. The molecule has 1 radical (unpaired) electrons.